The summed E-state index contributed by atoms with van der Waals surface area (Å²) >= 11 is 0. The third-order valence-electron chi connectivity index (χ3n) is 5.83. The first-order valence-electron chi connectivity index (χ1n) is 11.3. The number of nitrogens with one attached hydrogen (secondary N) is 1. The molecule has 2 aromatic carbocycles. The van der Waals surface area contributed by atoms with Gasteiger partial charge in [0.05, 0.1) is 34.0 Å². The molecule has 0 fully saturated rings. The Morgan fingerprint density at radius 2 is 1.67 bits per heavy atom. The number of carbonyl (C=O) groups excluding carboxylic acids is 1. The van der Waals surface area contributed by atoms with Crippen LogP contribution in [-0.4, -0.2) is 46.0 Å². The van der Waals surface area contributed by atoms with E-state index in [1.165, 1.54) is 27.4 Å². The van der Waals surface area contributed by atoms with Crippen molar-refractivity contribution in [2.45, 2.75) is 25.7 Å². The Labute approximate surface area is 209 Å². The molecule has 1 aromatic heterocycles. The quantitative estimate of drug-likeness (QED) is 0.413. The maximum atomic E-state index is 13.0. The lowest BCUT2D eigenvalue weighted by atomic mass is 9.87. The molecule has 3 rings (SSSR count). The number of methoxy groups -OCH3 is 4. The highest BCUT2D eigenvalue weighted by molar-refractivity contribution is 5.78. The van der Waals surface area contributed by atoms with Crippen molar-refractivity contribution in [1.29, 1.82) is 0 Å². The summed E-state index contributed by atoms with van der Waals surface area (Å²) in [7, 11) is 6.00. The Morgan fingerprint density at radius 1 is 0.972 bits per heavy atom. The molecule has 0 saturated carbocycles. The molecule has 0 spiro atoms. The molecule has 36 heavy (non-hydrogen) atoms. The SMILES string of the molecule is COc1ccc(CCNC(=O)C[C@H](c2ccc(OC)c(OC)c2OC)c2c(O)cc(C)oc2=O)cc1. The van der Waals surface area contributed by atoms with Crippen molar-refractivity contribution >= 4 is 5.91 Å². The molecule has 0 aliphatic carbocycles. The average Bonchev–Trinajstić information content (AvgIpc) is 2.86. The van der Waals surface area contributed by atoms with Crippen LogP contribution in [-0.2, 0) is 11.2 Å². The molecule has 1 amide bonds. The van der Waals surface area contributed by atoms with Crippen molar-refractivity contribution in [2.24, 2.45) is 0 Å². The van der Waals surface area contributed by atoms with Crippen molar-refractivity contribution in [2.75, 3.05) is 35.0 Å². The first-order chi connectivity index (χ1) is 17.3. The summed E-state index contributed by atoms with van der Waals surface area (Å²) in [6.07, 6.45) is 0.466. The van der Waals surface area contributed by atoms with Gasteiger partial charge in [-0.1, -0.05) is 18.2 Å². The zero-order valence-corrected chi connectivity index (χ0v) is 21.0. The van der Waals surface area contributed by atoms with E-state index in [0.717, 1.165) is 11.3 Å². The molecule has 0 saturated heterocycles. The van der Waals surface area contributed by atoms with Gasteiger partial charge >= 0.3 is 5.63 Å². The van der Waals surface area contributed by atoms with E-state index in [-0.39, 0.29) is 35.2 Å². The summed E-state index contributed by atoms with van der Waals surface area (Å²) in [6, 6.07) is 12.2. The standard InChI is InChI=1S/C27H31NO8/c1-16-14-21(29)24(27(31)36-16)20(19-10-11-22(33-3)26(35-5)25(19)34-4)15-23(30)28-13-12-17-6-8-18(32-2)9-7-17/h6-11,14,20,29H,12-13,15H2,1-5H3,(H,28,30)/t20-/m1/s1. The minimum atomic E-state index is -0.877. The number of hydrogen-bond donors (Lipinski definition) is 2. The van der Waals surface area contributed by atoms with Crippen LogP contribution in [0.25, 0.3) is 0 Å². The summed E-state index contributed by atoms with van der Waals surface area (Å²) < 4.78 is 26.8. The zero-order valence-electron chi connectivity index (χ0n) is 21.0. The maximum Gasteiger partial charge on any atom is 0.343 e. The van der Waals surface area contributed by atoms with Gasteiger partial charge in [0.1, 0.15) is 17.3 Å². The molecular formula is C27H31NO8. The second-order valence-corrected chi connectivity index (χ2v) is 8.07. The molecule has 2 N–H and O–H groups in total. The van der Waals surface area contributed by atoms with E-state index in [9.17, 15) is 14.7 Å². The van der Waals surface area contributed by atoms with Gasteiger partial charge in [-0.05, 0) is 37.1 Å². The van der Waals surface area contributed by atoms with Crippen molar-refractivity contribution < 1.29 is 33.3 Å². The first kappa shape index (κ1) is 26.5. The second-order valence-electron chi connectivity index (χ2n) is 8.07. The molecule has 0 unspecified atom stereocenters. The summed E-state index contributed by atoms with van der Waals surface area (Å²) in [5, 5.41) is 13.6. The van der Waals surface area contributed by atoms with Gasteiger partial charge < -0.3 is 33.8 Å². The molecule has 0 bridgehead atoms. The van der Waals surface area contributed by atoms with Gasteiger partial charge in [-0.25, -0.2) is 4.79 Å². The number of hydrogen-bond acceptors (Lipinski definition) is 8. The number of ether oxygens (including phenoxy) is 4. The van der Waals surface area contributed by atoms with E-state index < -0.39 is 11.5 Å². The smallest absolute Gasteiger partial charge is 0.343 e. The van der Waals surface area contributed by atoms with Gasteiger partial charge in [-0.3, -0.25) is 4.79 Å². The lowest BCUT2D eigenvalue weighted by molar-refractivity contribution is -0.121. The van der Waals surface area contributed by atoms with Gasteiger partial charge in [0.25, 0.3) is 0 Å². The van der Waals surface area contributed by atoms with E-state index in [1.807, 2.05) is 24.3 Å². The molecule has 1 atom stereocenters. The second kappa shape index (κ2) is 12.0. The number of carbonyl (C=O) groups is 1. The Morgan fingerprint density at radius 3 is 2.25 bits per heavy atom. The summed E-state index contributed by atoms with van der Waals surface area (Å²) in [5.41, 5.74) is 0.717. The maximum absolute atomic E-state index is 13.0. The van der Waals surface area contributed by atoms with Crippen molar-refractivity contribution in [3.05, 3.63) is 75.3 Å². The van der Waals surface area contributed by atoms with E-state index in [0.29, 0.717) is 30.0 Å². The van der Waals surface area contributed by atoms with Crippen molar-refractivity contribution in [3.63, 3.8) is 0 Å². The third kappa shape index (κ3) is 5.91. The van der Waals surface area contributed by atoms with Gasteiger partial charge in [-0.15, -0.1) is 0 Å². The normalized spacial score (nSPS) is 11.5. The van der Waals surface area contributed by atoms with Crippen LogP contribution < -0.4 is 29.9 Å². The van der Waals surface area contributed by atoms with Crippen molar-refractivity contribution in [1.82, 2.24) is 5.32 Å². The van der Waals surface area contributed by atoms with E-state index >= 15 is 0 Å². The van der Waals surface area contributed by atoms with E-state index in [1.54, 1.807) is 26.2 Å². The summed E-state index contributed by atoms with van der Waals surface area (Å²) in [4.78, 5) is 25.8. The zero-order chi connectivity index (χ0) is 26.2. The number of aromatic hydroxyl groups is 1. The fourth-order valence-electron chi connectivity index (χ4n) is 4.09. The minimum absolute atomic E-state index is 0.0450. The number of rotatable bonds is 11. The topological polar surface area (TPSA) is 116 Å². The van der Waals surface area contributed by atoms with Crippen LogP contribution >= 0.6 is 0 Å². The summed E-state index contributed by atoms with van der Waals surface area (Å²) in [6.45, 7) is 1.94. The van der Waals surface area contributed by atoms with Crippen LogP contribution in [0.1, 0.15) is 34.8 Å². The predicted molar refractivity (Wildman–Crippen MR) is 134 cm³/mol. The molecule has 3 aromatic rings. The Kier molecular flexibility index (Phi) is 8.83. The van der Waals surface area contributed by atoms with E-state index in [2.05, 4.69) is 5.32 Å². The van der Waals surface area contributed by atoms with Crippen LogP contribution in [0.15, 0.2) is 51.7 Å². The molecular weight excluding hydrogens is 466 g/mol. The highest BCUT2D eigenvalue weighted by Crippen LogP contribution is 2.45. The Hall–Kier alpha value is -4.14. The first-order valence-corrected chi connectivity index (χ1v) is 11.3. The highest BCUT2D eigenvalue weighted by atomic mass is 16.5. The fraction of sp³-hybridized carbons (Fsp3) is 0.333. The van der Waals surface area contributed by atoms with Crippen molar-refractivity contribution in [3.8, 4) is 28.7 Å². The third-order valence-corrected chi connectivity index (χ3v) is 5.83. The highest BCUT2D eigenvalue weighted by Gasteiger charge is 2.30. The van der Waals surface area contributed by atoms with Crippen LogP contribution in [0.4, 0.5) is 0 Å². The summed E-state index contributed by atoms with van der Waals surface area (Å²) in [5.74, 6) is 0.556. The number of amides is 1. The van der Waals surface area contributed by atoms with Gasteiger partial charge in [0.15, 0.2) is 11.5 Å². The molecule has 1 heterocycles. The van der Waals surface area contributed by atoms with Crippen LogP contribution in [0.5, 0.6) is 28.7 Å². The molecule has 192 valence electrons. The lowest BCUT2D eigenvalue weighted by Crippen LogP contribution is -2.29. The van der Waals surface area contributed by atoms with Gasteiger partial charge in [-0.2, -0.15) is 0 Å². The van der Waals surface area contributed by atoms with Crippen LogP contribution in [0, 0.1) is 6.92 Å². The van der Waals surface area contributed by atoms with E-state index in [4.69, 9.17) is 23.4 Å². The van der Waals surface area contributed by atoms with Gasteiger partial charge in [0, 0.05) is 30.5 Å². The fourth-order valence-corrected chi connectivity index (χ4v) is 4.09. The predicted octanol–water partition coefficient (Wildman–Crippen LogP) is 3.57. The molecule has 0 radical (unpaired) electrons. The Bertz CT molecular complexity index is 1250. The number of benzene rings is 2. The van der Waals surface area contributed by atoms with Gasteiger partial charge in [0.2, 0.25) is 11.7 Å². The number of aryl methyl sites for hydroxylation is 1. The largest absolute Gasteiger partial charge is 0.507 e. The Balaban J connectivity index is 1.92. The monoisotopic (exact) mass is 497 g/mol. The van der Waals surface area contributed by atoms with Crippen LogP contribution in [0.2, 0.25) is 0 Å². The molecule has 9 nitrogen and oxygen atoms in total. The lowest BCUT2D eigenvalue weighted by Gasteiger charge is -2.22. The average molecular weight is 498 g/mol. The molecule has 0 aliphatic heterocycles. The minimum Gasteiger partial charge on any atom is -0.507 e. The van der Waals surface area contributed by atoms with Crippen LogP contribution in [0.3, 0.4) is 0 Å². The molecule has 0 aliphatic rings. The molecule has 9 heteroatoms.